The van der Waals surface area contributed by atoms with E-state index in [1.807, 2.05) is 0 Å². The molecule has 2 heteroatoms. The van der Waals surface area contributed by atoms with Crippen LogP contribution >= 0.6 is 11.8 Å². The van der Waals surface area contributed by atoms with Crippen LogP contribution in [0.2, 0.25) is 0 Å². The van der Waals surface area contributed by atoms with Crippen molar-refractivity contribution in [1.82, 2.24) is 0 Å². The highest BCUT2D eigenvalue weighted by Crippen LogP contribution is 2.21. The van der Waals surface area contributed by atoms with Crippen LogP contribution in [-0.2, 0) is 4.79 Å². The summed E-state index contributed by atoms with van der Waals surface area (Å²) in [6.07, 6.45) is 1.85. The molecule has 0 aromatic carbocycles. The third-order valence-corrected chi connectivity index (χ3v) is 3.22. The van der Waals surface area contributed by atoms with Gasteiger partial charge in [-0.2, -0.15) is 11.8 Å². The lowest BCUT2D eigenvalue weighted by molar-refractivity contribution is -0.118. The Morgan fingerprint density at radius 1 is 1.38 bits per heavy atom. The van der Waals surface area contributed by atoms with Gasteiger partial charge in [0.15, 0.2) is 0 Å². The maximum Gasteiger partial charge on any atom is 0.143 e. The summed E-state index contributed by atoms with van der Waals surface area (Å²) in [5, 5.41) is 0.615. The van der Waals surface area contributed by atoms with Crippen molar-refractivity contribution in [3.05, 3.63) is 0 Å². The number of hydrogen-bond acceptors (Lipinski definition) is 2. The molecule has 0 amide bonds. The molecule has 13 heavy (non-hydrogen) atoms. The summed E-state index contributed by atoms with van der Waals surface area (Å²) in [7, 11) is 0. The van der Waals surface area contributed by atoms with E-state index in [1.54, 1.807) is 11.8 Å². The van der Waals surface area contributed by atoms with Crippen LogP contribution in [0.3, 0.4) is 0 Å². The summed E-state index contributed by atoms with van der Waals surface area (Å²) >= 11 is 1.78. The standard InChI is InChI=1S/C11H22OS/c1-6-9(2)13-8-10(12)7-11(3,4)5/h9H,6-8H2,1-5H3. The minimum absolute atomic E-state index is 0.146. The third-order valence-electron chi connectivity index (χ3n) is 1.83. The first kappa shape index (κ1) is 13.0. The van der Waals surface area contributed by atoms with Crippen molar-refractivity contribution in [1.29, 1.82) is 0 Å². The highest BCUT2D eigenvalue weighted by Gasteiger charge is 2.16. The zero-order chi connectivity index (χ0) is 10.5. The molecule has 0 rings (SSSR count). The first-order valence-electron chi connectivity index (χ1n) is 4.98. The minimum Gasteiger partial charge on any atom is -0.299 e. The maximum absolute atomic E-state index is 11.5. The van der Waals surface area contributed by atoms with Gasteiger partial charge >= 0.3 is 0 Å². The van der Waals surface area contributed by atoms with Gasteiger partial charge in [0.25, 0.3) is 0 Å². The van der Waals surface area contributed by atoms with Gasteiger partial charge in [-0.05, 0) is 11.8 Å². The van der Waals surface area contributed by atoms with Crippen LogP contribution in [0.4, 0.5) is 0 Å². The fourth-order valence-electron chi connectivity index (χ4n) is 0.996. The molecule has 0 aliphatic heterocycles. The molecule has 0 aliphatic carbocycles. The van der Waals surface area contributed by atoms with E-state index < -0.39 is 0 Å². The Hall–Kier alpha value is 0.0200. The molecule has 0 aromatic rings. The molecule has 1 atom stereocenters. The minimum atomic E-state index is 0.146. The monoisotopic (exact) mass is 202 g/mol. The number of carbonyl (C=O) groups is 1. The van der Waals surface area contributed by atoms with E-state index >= 15 is 0 Å². The quantitative estimate of drug-likeness (QED) is 0.678. The SMILES string of the molecule is CCC(C)SCC(=O)CC(C)(C)C. The third kappa shape index (κ3) is 8.35. The van der Waals surface area contributed by atoms with Crippen molar-refractivity contribution in [3.63, 3.8) is 0 Å². The topological polar surface area (TPSA) is 17.1 Å². The van der Waals surface area contributed by atoms with Gasteiger partial charge in [0, 0.05) is 11.7 Å². The van der Waals surface area contributed by atoms with Crippen LogP contribution in [0, 0.1) is 5.41 Å². The molecule has 78 valence electrons. The second-order valence-corrected chi connectivity index (χ2v) is 6.23. The average Bonchev–Trinajstić information content (AvgIpc) is 1.97. The van der Waals surface area contributed by atoms with Crippen molar-refractivity contribution in [2.45, 2.75) is 52.7 Å². The maximum atomic E-state index is 11.5. The largest absolute Gasteiger partial charge is 0.299 e. The molecule has 0 aliphatic rings. The summed E-state index contributed by atoms with van der Waals surface area (Å²) in [5.74, 6) is 1.07. The smallest absolute Gasteiger partial charge is 0.143 e. The number of Topliss-reactive ketones (excluding diaryl/α,β-unsaturated/α-hetero) is 1. The van der Waals surface area contributed by atoms with E-state index in [2.05, 4.69) is 34.6 Å². The lowest BCUT2D eigenvalue weighted by Crippen LogP contribution is -2.15. The second-order valence-electron chi connectivity index (χ2n) is 4.81. The van der Waals surface area contributed by atoms with Crippen LogP contribution in [0.25, 0.3) is 0 Å². The van der Waals surface area contributed by atoms with Gasteiger partial charge in [0.2, 0.25) is 0 Å². The van der Waals surface area contributed by atoms with Gasteiger partial charge in [0.05, 0.1) is 5.75 Å². The number of rotatable bonds is 5. The molecule has 1 nitrogen and oxygen atoms in total. The first-order valence-corrected chi connectivity index (χ1v) is 6.03. The van der Waals surface area contributed by atoms with Crippen LogP contribution in [0.5, 0.6) is 0 Å². The van der Waals surface area contributed by atoms with Crippen LogP contribution in [-0.4, -0.2) is 16.8 Å². The number of thioether (sulfide) groups is 1. The Bertz CT molecular complexity index is 158. The zero-order valence-electron chi connectivity index (χ0n) is 9.52. The molecule has 0 heterocycles. The van der Waals surface area contributed by atoms with Gasteiger partial charge in [0.1, 0.15) is 5.78 Å². The van der Waals surface area contributed by atoms with E-state index in [-0.39, 0.29) is 5.41 Å². The molecule has 0 aromatic heterocycles. The summed E-state index contributed by atoms with van der Waals surface area (Å²) in [5.41, 5.74) is 0.146. The number of ketones is 1. The van der Waals surface area contributed by atoms with E-state index in [1.165, 1.54) is 0 Å². The van der Waals surface area contributed by atoms with Crippen molar-refractivity contribution in [2.75, 3.05) is 5.75 Å². The zero-order valence-corrected chi connectivity index (χ0v) is 10.3. The first-order chi connectivity index (χ1) is 5.85. The molecule has 1 unspecified atom stereocenters. The van der Waals surface area contributed by atoms with Gasteiger partial charge in [-0.25, -0.2) is 0 Å². The summed E-state index contributed by atoms with van der Waals surface area (Å²) in [6, 6.07) is 0. The Morgan fingerprint density at radius 3 is 2.31 bits per heavy atom. The molecule has 0 fully saturated rings. The van der Waals surface area contributed by atoms with Gasteiger partial charge < -0.3 is 0 Å². The second kappa shape index (κ2) is 5.69. The van der Waals surface area contributed by atoms with Crippen LogP contribution in [0.1, 0.15) is 47.5 Å². The fraction of sp³-hybridized carbons (Fsp3) is 0.909. The molecular formula is C11H22OS. The highest BCUT2D eigenvalue weighted by atomic mass is 32.2. The van der Waals surface area contributed by atoms with Crippen LogP contribution in [0.15, 0.2) is 0 Å². The van der Waals surface area contributed by atoms with E-state index in [0.29, 0.717) is 23.2 Å². The predicted molar refractivity (Wildman–Crippen MR) is 61.3 cm³/mol. The number of hydrogen-bond donors (Lipinski definition) is 0. The molecular weight excluding hydrogens is 180 g/mol. The van der Waals surface area contributed by atoms with Crippen LogP contribution < -0.4 is 0 Å². The average molecular weight is 202 g/mol. The van der Waals surface area contributed by atoms with Crippen molar-refractivity contribution in [2.24, 2.45) is 5.41 Å². The Morgan fingerprint density at radius 2 is 1.92 bits per heavy atom. The molecule has 0 radical (unpaired) electrons. The van der Waals surface area contributed by atoms with E-state index in [9.17, 15) is 4.79 Å². The molecule has 0 bridgehead atoms. The lowest BCUT2D eigenvalue weighted by atomic mass is 9.90. The number of carbonyl (C=O) groups excluding carboxylic acids is 1. The van der Waals surface area contributed by atoms with Crippen molar-refractivity contribution < 1.29 is 4.79 Å². The summed E-state index contributed by atoms with van der Waals surface area (Å²) < 4.78 is 0. The molecule has 0 saturated carbocycles. The predicted octanol–water partition coefficient (Wildman–Crippen LogP) is 3.52. The fourth-order valence-corrected chi connectivity index (χ4v) is 1.80. The van der Waals surface area contributed by atoms with Gasteiger partial charge in [-0.15, -0.1) is 0 Å². The Balaban J connectivity index is 3.64. The summed E-state index contributed by atoms with van der Waals surface area (Å²) in [6.45, 7) is 10.7. The van der Waals surface area contributed by atoms with Crippen molar-refractivity contribution >= 4 is 17.5 Å². The van der Waals surface area contributed by atoms with Crippen molar-refractivity contribution in [3.8, 4) is 0 Å². The summed E-state index contributed by atoms with van der Waals surface area (Å²) in [4.78, 5) is 11.5. The Labute approximate surface area is 86.7 Å². The van der Waals surface area contributed by atoms with E-state index in [4.69, 9.17) is 0 Å². The molecule has 0 saturated heterocycles. The van der Waals surface area contributed by atoms with Gasteiger partial charge in [-0.3, -0.25) is 4.79 Å². The highest BCUT2D eigenvalue weighted by molar-refractivity contribution is 8.00. The molecule has 0 spiro atoms. The normalized spacial score (nSPS) is 14.2. The lowest BCUT2D eigenvalue weighted by Gasteiger charge is -2.17. The van der Waals surface area contributed by atoms with Gasteiger partial charge in [-0.1, -0.05) is 34.6 Å². The van der Waals surface area contributed by atoms with E-state index in [0.717, 1.165) is 6.42 Å². The Kier molecular flexibility index (Phi) is 5.70. The molecule has 0 N–H and O–H groups in total.